The number of amides is 2. The number of para-hydroxylation sites is 2. The van der Waals surface area contributed by atoms with E-state index in [0.717, 1.165) is 12.4 Å². The van der Waals surface area contributed by atoms with Crippen molar-refractivity contribution in [3.63, 3.8) is 0 Å². The van der Waals surface area contributed by atoms with Crippen LogP contribution in [0.15, 0.2) is 83.0 Å². The number of phenolic OH excluding ortho intramolecular Hbond substituents is 2. The van der Waals surface area contributed by atoms with Crippen LogP contribution in [-0.2, 0) is 17.1 Å². The number of nitrogens with one attached hydrogen (secondary N) is 2. The molecule has 0 heterocycles. The van der Waals surface area contributed by atoms with Crippen molar-refractivity contribution in [1.82, 2.24) is 10.9 Å². The third kappa shape index (κ3) is 10.1. The Kier molecular flexibility index (Phi) is 13.6. The number of nitrogens with zero attached hydrogens (tertiary/aromatic N) is 2. The number of benzene rings is 4. The normalized spacial score (nSPS) is 10.5. The van der Waals surface area contributed by atoms with Gasteiger partial charge in [-0.2, -0.15) is 10.2 Å². The van der Waals surface area contributed by atoms with E-state index in [2.05, 4.69) is 21.1 Å². The van der Waals surface area contributed by atoms with Crippen LogP contribution < -0.4 is 21.1 Å². The molecule has 0 aliphatic rings. The van der Waals surface area contributed by atoms with E-state index in [1.54, 1.807) is 24.3 Å². The monoisotopic (exact) mass is 702 g/mol. The minimum atomic E-state index is -0.607. The maximum Gasteiger partial charge on any atom is 2.00 e. The third-order valence-electron chi connectivity index (χ3n) is 5.11. The van der Waals surface area contributed by atoms with Crippen LogP contribution in [0.1, 0.15) is 31.8 Å². The van der Waals surface area contributed by atoms with Gasteiger partial charge in [-0.25, -0.2) is 10.9 Å². The Hall–Kier alpha value is -3.96. The average Bonchev–Trinajstić information content (AvgIpc) is 2.94. The fraction of sp³-hybridized carbons (Fsp3) is 0. The zero-order valence-corrected chi connectivity index (χ0v) is 25.5. The molecule has 0 aliphatic carbocycles. The van der Waals surface area contributed by atoms with E-state index in [1.807, 2.05) is 0 Å². The van der Waals surface area contributed by atoms with Gasteiger partial charge in [0.1, 0.15) is 11.5 Å². The number of hydrazone groups is 2. The second-order valence-electron chi connectivity index (χ2n) is 8.04. The summed E-state index contributed by atoms with van der Waals surface area (Å²) in [6.45, 7) is 0. The number of rotatable bonds is 6. The van der Waals surface area contributed by atoms with E-state index < -0.39 is 23.3 Å². The van der Waals surface area contributed by atoms with Crippen LogP contribution in [-0.4, -0.2) is 34.5 Å². The van der Waals surface area contributed by atoms with Crippen molar-refractivity contribution in [1.29, 1.82) is 0 Å². The molecule has 10 nitrogen and oxygen atoms in total. The zero-order chi connectivity index (χ0) is 30.8. The van der Waals surface area contributed by atoms with Gasteiger partial charge in [0.05, 0.1) is 23.6 Å². The molecule has 0 aliphatic heterocycles. The van der Waals surface area contributed by atoms with E-state index >= 15 is 0 Å². The summed E-state index contributed by atoms with van der Waals surface area (Å²) in [6.07, 6.45) is 2.27. The van der Waals surface area contributed by atoms with Crippen molar-refractivity contribution >= 4 is 70.6 Å². The first-order chi connectivity index (χ1) is 20.0. The number of hydrogen-bond donors (Lipinski definition) is 4. The van der Waals surface area contributed by atoms with E-state index in [4.69, 9.17) is 46.4 Å². The van der Waals surface area contributed by atoms with Crippen LogP contribution in [0.2, 0.25) is 20.1 Å². The van der Waals surface area contributed by atoms with Gasteiger partial charge in [-0.05, 0) is 59.7 Å². The predicted molar refractivity (Wildman–Crippen MR) is 158 cm³/mol. The van der Waals surface area contributed by atoms with Crippen LogP contribution >= 0.6 is 46.4 Å². The van der Waals surface area contributed by atoms with Crippen molar-refractivity contribution in [2.75, 3.05) is 0 Å². The SMILES string of the molecule is O=C(NN=Cc1cc(Cl)cc(Cl)c1[O-])c1ccccc1O.O=C(NN=Cc1cc(Cl)cc(Cl)c1[O-])c1ccccc1O.[Fe+2]. The molecule has 43 heavy (non-hydrogen) atoms. The summed E-state index contributed by atoms with van der Waals surface area (Å²) in [5, 5.41) is 50.2. The Morgan fingerprint density at radius 2 is 1.00 bits per heavy atom. The minimum Gasteiger partial charge on any atom is -0.871 e. The second kappa shape index (κ2) is 16.6. The molecule has 0 atom stereocenters. The summed E-state index contributed by atoms with van der Waals surface area (Å²) in [6, 6.07) is 17.4. The van der Waals surface area contributed by atoms with Crippen molar-refractivity contribution in [3.8, 4) is 23.0 Å². The molecule has 4 aromatic rings. The summed E-state index contributed by atoms with van der Waals surface area (Å²) < 4.78 is 0. The molecule has 15 heteroatoms. The van der Waals surface area contributed by atoms with E-state index in [-0.39, 0.29) is 70.9 Å². The Morgan fingerprint density at radius 3 is 1.35 bits per heavy atom. The summed E-state index contributed by atoms with van der Waals surface area (Å²) in [5.74, 6) is -2.43. The molecule has 4 rings (SSSR count). The molecule has 0 spiro atoms. The second-order valence-corrected chi connectivity index (χ2v) is 9.73. The van der Waals surface area contributed by atoms with Crippen molar-refractivity contribution in [3.05, 3.63) is 115 Å². The van der Waals surface area contributed by atoms with Crippen LogP contribution in [0.25, 0.3) is 0 Å². The fourth-order valence-electron chi connectivity index (χ4n) is 3.12. The Balaban J connectivity index is 0.000000293. The van der Waals surface area contributed by atoms with Gasteiger partial charge >= 0.3 is 17.1 Å². The summed E-state index contributed by atoms with van der Waals surface area (Å²) in [5.41, 5.74) is 4.83. The fourth-order valence-corrected chi connectivity index (χ4v) is 4.14. The quantitative estimate of drug-likeness (QED) is 0.124. The predicted octanol–water partition coefficient (Wildman–Crippen LogP) is 5.07. The third-order valence-corrected chi connectivity index (χ3v) is 6.11. The number of hydrogen-bond acceptors (Lipinski definition) is 8. The van der Waals surface area contributed by atoms with Gasteiger partial charge in [0.15, 0.2) is 0 Å². The van der Waals surface area contributed by atoms with Crippen molar-refractivity contribution in [2.24, 2.45) is 10.2 Å². The molecular formula is C28H18Cl4FeN4O6. The first kappa shape index (κ1) is 35.2. The van der Waals surface area contributed by atoms with Gasteiger partial charge in [0.2, 0.25) is 0 Å². The van der Waals surface area contributed by atoms with Gasteiger partial charge in [0.25, 0.3) is 11.8 Å². The molecule has 0 saturated carbocycles. The first-order valence-electron chi connectivity index (χ1n) is 11.5. The molecule has 4 N–H and O–H groups in total. The molecule has 0 saturated heterocycles. The largest absolute Gasteiger partial charge is 2.00 e. The molecule has 222 valence electrons. The molecule has 0 fully saturated rings. The molecule has 0 aromatic heterocycles. The van der Waals surface area contributed by atoms with Gasteiger partial charge in [-0.15, -0.1) is 0 Å². The average molecular weight is 704 g/mol. The van der Waals surface area contributed by atoms with Gasteiger partial charge in [0, 0.05) is 20.1 Å². The summed E-state index contributed by atoms with van der Waals surface area (Å²) >= 11 is 22.9. The molecule has 0 radical (unpaired) electrons. The topological polar surface area (TPSA) is 169 Å². The maximum absolute atomic E-state index is 11.8. The molecule has 4 aromatic carbocycles. The van der Waals surface area contributed by atoms with E-state index in [1.165, 1.54) is 48.5 Å². The van der Waals surface area contributed by atoms with Crippen molar-refractivity contribution in [2.45, 2.75) is 0 Å². The summed E-state index contributed by atoms with van der Waals surface area (Å²) in [7, 11) is 0. The molecular weight excluding hydrogens is 686 g/mol. The number of phenols is 2. The van der Waals surface area contributed by atoms with E-state index in [9.17, 15) is 30.0 Å². The first-order valence-corrected chi connectivity index (χ1v) is 13.0. The van der Waals surface area contributed by atoms with Gasteiger partial charge in [-0.3, -0.25) is 9.59 Å². The maximum atomic E-state index is 11.8. The Bertz CT molecular complexity index is 1560. The van der Waals surface area contributed by atoms with Crippen LogP contribution in [0.5, 0.6) is 23.0 Å². The van der Waals surface area contributed by atoms with Crippen LogP contribution in [0.3, 0.4) is 0 Å². The minimum absolute atomic E-state index is 0. The van der Waals surface area contributed by atoms with Gasteiger partial charge < -0.3 is 20.4 Å². The van der Waals surface area contributed by atoms with Crippen LogP contribution in [0, 0.1) is 0 Å². The molecule has 2 amide bonds. The van der Waals surface area contributed by atoms with Gasteiger partial charge in [-0.1, -0.05) is 82.2 Å². The van der Waals surface area contributed by atoms with Crippen molar-refractivity contribution < 1.29 is 47.1 Å². The number of halogens is 4. The standard InChI is InChI=1S/2C14H10Cl2N2O3.Fe/c2*15-9-5-8(13(20)11(16)6-9)7-17-18-14(21)10-3-1-2-4-12(10)19;/h2*1-7,19-20H,(H,18,21);/q;;+2/p-2. The van der Waals surface area contributed by atoms with E-state index in [0.29, 0.717) is 0 Å². The Labute approximate surface area is 275 Å². The molecule has 0 unspecified atom stereocenters. The smallest absolute Gasteiger partial charge is 0.871 e. The number of aromatic hydroxyl groups is 2. The van der Waals surface area contributed by atoms with Crippen LogP contribution in [0.4, 0.5) is 0 Å². The zero-order valence-electron chi connectivity index (χ0n) is 21.4. The Morgan fingerprint density at radius 1 is 0.651 bits per heavy atom. The summed E-state index contributed by atoms with van der Waals surface area (Å²) in [4.78, 5) is 23.5. The number of carbonyl (C=O) groups is 2. The number of carbonyl (C=O) groups excluding carboxylic acids is 2. The molecule has 0 bridgehead atoms.